The summed E-state index contributed by atoms with van der Waals surface area (Å²) in [7, 11) is -1.22. The van der Waals surface area contributed by atoms with E-state index in [1.54, 1.807) is 11.9 Å². The molecule has 0 aromatic rings. The number of hydrogen-bond donors (Lipinski definition) is 1. The first-order valence-electron chi connectivity index (χ1n) is 5.58. The minimum atomic E-state index is -2.94. The average molecular weight is 250 g/mol. The van der Waals surface area contributed by atoms with E-state index in [0.29, 0.717) is 19.5 Å². The maximum absolute atomic E-state index is 11.3. The lowest BCUT2D eigenvalue weighted by atomic mass is 10.5. The van der Waals surface area contributed by atoms with Gasteiger partial charge in [0.05, 0.1) is 12.3 Å². The van der Waals surface area contributed by atoms with Gasteiger partial charge in [0.2, 0.25) is 5.91 Å². The number of carbonyl (C=O) groups is 1. The molecule has 0 spiro atoms. The molecule has 0 saturated heterocycles. The van der Waals surface area contributed by atoms with Crippen LogP contribution in [0.3, 0.4) is 0 Å². The molecule has 0 fully saturated rings. The van der Waals surface area contributed by atoms with Gasteiger partial charge in [-0.1, -0.05) is 6.92 Å². The third-order valence-corrected chi connectivity index (χ3v) is 4.14. The van der Waals surface area contributed by atoms with Crippen molar-refractivity contribution < 1.29 is 13.2 Å². The van der Waals surface area contributed by atoms with Gasteiger partial charge in [-0.2, -0.15) is 0 Å². The molecule has 96 valence electrons. The highest BCUT2D eigenvalue weighted by Gasteiger charge is 2.10. The highest BCUT2D eigenvalue weighted by Crippen LogP contribution is 1.92. The Morgan fingerprint density at radius 2 is 1.88 bits per heavy atom. The molecule has 16 heavy (non-hydrogen) atoms. The standard InChI is InChI=1S/C10H22N2O3S/c1-4-7-16(14,15)8-6-11-9-10(13)12(3)5-2/h11H,4-9H2,1-3H3. The van der Waals surface area contributed by atoms with E-state index in [9.17, 15) is 13.2 Å². The first kappa shape index (κ1) is 15.4. The van der Waals surface area contributed by atoms with Gasteiger partial charge >= 0.3 is 0 Å². The highest BCUT2D eigenvalue weighted by molar-refractivity contribution is 7.91. The number of nitrogens with zero attached hydrogens (tertiary/aromatic N) is 1. The van der Waals surface area contributed by atoms with Gasteiger partial charge in [0.1, 0.15) is 0 Å². The topological polar surface area (TPSA) is 66.5 Å². The molecular formula is C10H22N2O3S. The van der Waals surface area contributed by atoms with Gasteiger partial charge in [-0.3, -0.25) is 4.79 Å². The molecule has 5 nitrogen and oxygen atoms in total. The lowest BCUT2D eigenvalue weighted by molar-refractivity contribution is -0.128. The normalized spacial score (nSPS) is 11.4. The number of hydrogen-bond acceptors (Lipinski definition) is 4. The van der Waals surface area contributed by atoms with Crippen molar-refractivity contribution in [3.63, 3.8) is 0 Å². The fourth-order valence-corrected chi connectivity index (χ4v) is 2.43. The second-order valence-electron chi connectivity index (χ2n) is 3.74. The van der Waals surface area contributed by atoms with Gasteiger partial charge in [-0.15, -0.1) is 0 Å². The Balaban J connectivity index is 3.73. The van der Waals surface area contributed by atoms with Crippen molar-refractivity contribution in [3.8, 4) is 0 Å². The van der Waals surface area contributed by atoms with E-state index in [-0.39, 0.29) is 24.0 Å². The highest BCUT2D eigenvalue weighted by atomic mass is 32.2. The Labute approximate surface area is 98.1 Å². The quantitative estimate of drug-likeness (QED) is 0.610. The van der Waals surface area contributed by atoms with E-state index in [1.807, 2.05) is 13.8 Å². The number of sulfone groups is 1. The molecule has 0 radical (unpaired) electrons. The SMILES string of the molecule is CCCS(=O)(=O)CCNCC(=O)N(C)CC. The van der Waals surface area contributed by atoms with Crippen molar-refractivity contribution >= 4 is 15.7 Å². The summed E-state index contributed by atoms with van der Waals surface area (Å²) in [5.41, 5.74) is 0. The predicted molar refractivity (Wildman–Crippen MR) is 65.1 cm³/mol. The first-order valence-corrected chi connectivity index (χ1v) is 7.40. The van der Waals surface area contributed by atoms with E-state index in [4.69, 9.17) is 0 Å². The molecule has 0 saturated carbocycles. The number of carbonyl (C=O) groups excluding carboxylic acids is 1. The third kappa shape index (κ3) is 6.79. The minimum absolute atomic E-state index is 0.0182. The zero-order valence-electron chi connectivity index (χ0n) is 10.3. The van der Waals surface area contributed by atoms with Gasteiger partial charge in [-0.05, 0) is 13.3 Å². The monoisotopic (exact) mass is 250 g/mol. The molecule has 1 N–H and O–H groups in total. The van der Waals surface area contributed by atoms with Gasteiger partial charge in [-0.25, -0.2) is 8.42 Å². The largest absolute Gasteiger partial charge is 0.345 e. The van der Waals surface area contributed by atoms with E-state index in [1.165, 1.54) is 0 Å². The fourth-order valence-electron chi connectivity index (χ4n) is 1.15. The van der Waals surface area contributed by atoms with Crippen LogP contribution in [0.4, 0.5) is 0 Å². The zero-order valence-corrected chi connectivity index (χ0v) is 11.1. The summed E-state index contributed by atoms with van der Waals surface area (Å²) in [6.07, 6.45) is 0.639. The molecule has 1 amide bonds. The van der Waals surface area contributed by atoms with Gasteiger partial charge in [0, 0.05) is 25.9 Å². The summed E-state index contributed by atoms with van der Waals surface area (Å²) in [5.74, 6) is 0.303. The molecule has 0 atom stereocenters. The van der Waals surface area contributed by atoms with Gasteiger partial charge in [0.15, 0.2) is 9.84 Å². The molecule has 0 heterocycles. The summed E-state index contributed by atoms with van der Waals surface area (Å²) >= 11 is 0. The summed E-state index contributed by atoms with van der Waals surface area (Å²) in [5, 5.41) is 2.84. The van der Waals surface area contributed by atoms with Crippen molar-refractivity contribution in [2.45, 2.75) is 20.3 Å². The number of nitrogens with one attached hydrogen (secondary N) is 1. The Morgan fingerprint density at radius 3 is 2.38 bits per heavy atom. The smallest absolute Gasteiger partial charge is 0.236 e. The van der Waals surface area contributed by atoms with Gasteiger partial charge < -0.3 is 10.2 Å². The van der Waals surface area contributed by atoms with Gasteiger partial charge in [0.25, 0.3) is 0 Å². The maximum atomic E-state index is 11.3. The van der Waals surface area contributed by atoms with E-state index in [0.717, 1.165) is 0 Å². The number of amides is 1. The molecule has 0 unspecified atom stereocenters. The van der Waals surface area contributed by atoms with Crippen molar-refractivity contribution in [2.24, 2.45) is 0 Å². The van der Waals surface area contributed by atoms with Crippen LogP contribution in [0.2, 0.25) is 0 Å². The Hall–Kier alpha value is -0.620. The molecule has 0 aliphatic rings. The second-order valence-corrected chi connectivity index (χ2v) is 6.04. The first-order chi connectivity index (χ1) is 7.43. The summed E-state index contributed by atoms with van der Waals surface area (Å²) in [4.78, 5) is 12.9. The molecule has 0 aliphatic carbocycles. The predicted octanol–water partition coefficient (Wildman–Crippen LogP) is -0.121. The lowest BCUT2D eigenvalue weighted by Crippen LogP contribution is -2.37. The van der Waals surface area contributed by atoms with Crippen molar-refractivity contribution in [3.05, 3.63) is 0 Å². The molecule has 6 heteroatoms. The minimum Gasteiger partial charge on any atom is -0.345 e. The van der Waals surface area contributed by atoms with E-state index < -0.39 is 9.84 Å². The van der Waals surface area contributed by atoms with Crippen LogP contribution in [0.15, 0.2) is 0 Å². The molecule has 0 rings (SSSR count). The molecule has 0 aromatic carbocycles. The molecule has 0 aromatic heterocycles. The van der Waals surface area contributed by atoms with E-state index >= 15 is 0 Å². The van der Waals surface area contributed by atoms with Crippen LogP contribution in [-0.4, -0.2) is 57.4 Å². The van der Waals surface area contributed by atoms with Crippen molar-refractivity contribution in [1.82, 2.24) is 10.2 Å². The van der Waals surface area contributed by atoms with Crippen LogP contribution >= 0.6 is 0 Å². The maximum Gasteiger partial charge on any atom is 0.236 e. The fraction of sp³-hybridized carbons (Fsp3) is 0.900. The summed E-state index contributed by atoms with van der Waals surface area (Å²) in [6.45, 7) is 4.93. The van der Waals surface area contributed by atoms with Crippen LogP contribution in [-0.2, 0) is 14.6 Å². The molecular weight excluding hydrogens is 228 g/mol. The Bertz CT molecular complexity index is 301. The number of likely N-dealkylation sites (N-methyl/N-ethyl adjacent to an activating group) is 1. The van der Waals surface area contributed by atoms with Crippen LogP contribution in [0.25, 0.3) is 0 Å². The van der Waals surface area contributed by atoms with E-state index in [2.05, 4.69) is 5.32 Å². The second kappa shape index (κ2) is 7.62. The number of rotatable bonds is 8. The third-order valence-electron chi connectivity index (χ3n) is 2.28. The average Bonchev–Trinajstić information content (AvgIpc) is 2.22. The van der Waals surface area contributed by atoms with Crippen LogP contribution in [0, 0.1) is 0 Å². The Kier molecular flexibility index (Phi) is 7.33. The van der Waals surface area contributed by atoms with Crippen LogP contribution in [0.5, 0.6) is 0 Å². The summed E-state index contributed by atoms with van der Waals surface area (Å²) in [6, 6.07) is 0. The van der Waals surface area contributed by atoms with Crippen molar-refractivity contribution in [1.29, 1.82) is 0 Å². The summed E-state index contributed by atoms with van der Waals surface area (Å²) < 4.78 is 22.7. The Morgan fingerprint density at radius 1 is 1.25 bits per heavy atom. The lowest BCUT2D eigenvalue weighted by Gasteiger charge is -2.14. The van der Waals surface area contributed by atoms with Crippen LogP contribution < -0.4 is 5.32 Å². The van der Waals surface area contributed by atoms with Crippen LogP contribution in [0.1, 0.15) is 20.3 Å². The molecule has 0 bridgehead atoms. The molecule has 0 aliphatic heterocycles. The zero-order chi connectivity index (χ0) is 12.6. The van der Waals surface area contributed by atoms with Crippen molar-refractivity contribution in [2.75, 3.05) is 38.2 Å².